The zero-order valence-electron chi connectivity index (χ0n) is 16.6. The first-order valence-corrected chi connectivity index (χ1v) is 9.24. The zero-order valence-corrected chi connectivity index (χ0v) is 16.6. The number of pyridine rings is 1. The monoisotopic (exact) mass is 377 g/mol. The normalized spacial score (nSPS) is 12.6. The number of rotatable bonds is 8. The molecular weight excluding hydrogens is 350 g/mol. The number of benzene rings is 1. The molecule has 5 nitrogen and oxygen atoms in total. The first-order chi connectivity index (χ1) is 13.5. The van der Waals surface area contributed by atoms with Gasteiger partial charge in [-0.2, -0.15) is 0 Å². The molecule has 2 aromatic rings. The fourth-order valence-electron chi connectivity index (χ4n) is 2.35. The molecule has 0 fully saturated rings. The second-order valence-electron chi connectivity index (χ2n) is 6.44. The van der Waals surface area contributed by atoms with E-state index in [1.807, 2.05) is 55.5 Å². The lowest BCUT2D eigenvalue weighted by molar-refractivity contribution is -0.117. The molecule has 0 atom stereocenters. The van der Waals surface area contributed by atoms with Gasteiger partial charge in [0.25, 0.3) is 5.91 Å². The Morgan fingerprint density at radius 3 is 2.68 bits per heavy atom. The molecule has 1 amide bonds. The molecule has 0 spiro atoms. The highest BCUT2D eigenvalue weighted by Gasteiger charge is 2.09. The van der Waals surface area contributed by atoms with Gasteiger partial charge < -0.3 is 15.8 Å². The first kappa shape index (κ1) is 21.0. The molecule has 3 N–H and O–H groups in total. The molecule has 5 heteroatoms. The van der Waals surface area contributed by atoms with Crippen LogP contribution in [0.15, 0.2) is 83.9 Å². The summed E-state index contributed by atoms with van der Waals surface area (Å²) in [6.45, 7) is 6.22. The standard InChI is InChI=1S/C23H27N3O2/c1-4-17(2)8-5-12-22(18(3)24)23(27)26-15-19-9-6-10-20(14-19)28-21-11-7-13-25-16-21/h5-14,16H,4,15,24H2,1-3H3,(H,26,27)/b12-5-,17-8?,22-18-. The lowest BCUT2D eigenvalue weighted by Gasteiger charge is -2.10. The van der Waals surface area contributed by atoms with Crippen LogP contribution >= 0.6 is 0 Å². The molecule has 1 aromatic heterocycles. The average molecular weight is 377 g/mol. The molecule has 0 radical (unpaired) electrons. The summed E-state index contributed by atoms with van der Waals surface area (Å²) >= 11 is 0. The molecular formula is C23H27N3O2. The number of carbonyl (C=O) groups is 1. The van der Waals surface area contributed by atoms with Crippen LogP contribution in [0.2, 0.25) is 0 Å². The van der Waals surface area contributed by atoms with Gasteiger partial charge in [-0.25, -0.2) is 0 Å². The number of allylic oxidation sites excluding steroid dienone is 4. The highest BCUT2D eigenvalue weighted by Crippen LogP contribution is 2.21. The average Bonchev–Trinajstić information content (AvgIpc) is 2.70. The molecule has 0 saturated carbocycles. The molecule has 0 saturated heterocycles. The minimum atomic E-state index is -0.211. The van der Waals surface area contributed by atoms with E-state index in [1.165, 1.54) is 5.57 Å². The summed E-state index contributed by atoms with van der Waals surface area (Å²) in [5.41, 5.74) is 8.98. The van der Waals surface area contributed by atoms with Crippen molar-refractivity contribution in [2.45, 2.75) is 33.7 Å². The predicted molar refractivity (Wildman–Crippen MR) is 113 cm³/mol. The number of nitrogens with one attached hydrogen (secondary N) is 1. The van der Waals surface area contributed by atoms with Crippen LogP contribution in [0.25, 0.3) is 0 Å². The second-order valence-corrected chi connectivity index (χ2v) is 6.44. The van der Waals surface area contributed by atoms with Gasteiger partial charge >= 0.3 is 0 Å². The van der Waals surface area contributed by atoms with E-state index in [9.17, 15) is 4.79 Å². The lowest BCUT2D eigenvalue weighted by Crippen LogP contribution is -2.25. The molecule has 0 bridgehead atoms. The Hall–Kier alpha value is -3.34. The third-order valence-corrected chi connectivity index (χ3v) is 4.09. The van der Waals surface area contributed by atoms with Crippen molar-refractivity contribution >= 4 is 5.91 Å². The Morgan fingerprint density at radius 1 is 1.21 bits per heavy atom. The maximum absolute atomic E-state index is 12.5. The van der Waals surface area contributed by atoms with Crippen LogP contribution in [-0.4, -0.2) is 10.9 Å². The number of aromatic nitrogens is 1. The van der Waals surface area contributed by atoms with Crippen LogP contribution in [0.3, 0.4) is 0 Å². The van der Waals surface area contributed by atoms with Gasteiger partial charge in [-0.1, -0.05) is 36.8 Å². The summed E-state index contributed by atoms with van der Waals surface area (Å²) in [6, 6.07) is 11.2. The van der Waals surface area contributed by atoms with Gasteiger partial charge in [-0.05, 0) is 56.2 Å². The van der Waals surface area contributed by atoms with E-state index in [2.05, 4.69) is 17.2 Å². The number of nitrogens with zero attached hydrogens (tertiary/aromatic N) is 1. The van der Waals surface area contributed by atoms with Crippen molar-refractivity contribution < 1.29 is 9.53 Å². The van der Waals surface area contributed by atoms with Crippen LogP contribution in [0.5, 0.6) is 11.5 Å². The van der Waals surface area contributed by atoms with E-state index in [0.29, 0.717) is 29.3 Å². The topological polar surface area (TPSA) is 77.2 Å². The fraction of sp³-hybridized carbons (Fsp3) is 0.217. The maximum Gasteiger partial charge on any atom is 0.253 e. The molecule has 0 unspecified atom stereocenters. The van der Waals surface area contributed by atoms with E-state index >= 15 is 0 Å². The van der Waals surface area contributed by atoms with Crippen LogP contribution in [0.1, 0.15) is 32.8 Å². The second kappa shape index (κ2) is 10.7. The van der Waals surface area contributed by atoms with Crippen molar-refractivity contribution in [3.63, 3.8) is 0 Å². The third-order valence-electron chi connectivity index (χ3n) is 4.09. The van der Waals surface area contributed by atoms with E-state index in [-0.39, 0.29) is 5.91 Å². The molecule has 2 rings (SSSR count). The maximum atomic E-state index is 12.5. The van der Waals surface area contributed by atoms with E-state index < -0.39 is 0 Å². The number of nitrogens with two attached hydrogens (primary N) is 1. The van der Waals surface area contributed by atoms with Crippen molar-refractivity contribution in [1.29, 1.82) is 0 Å². The number of amides is 1. The number of hydrogen-bond donors (Lipinski definition) is 2. The van der Waals surface area contributed by atoms with Crippen LogP contribution in [0, 0.1) is 0 Å². The summed E-state index contributed by atoms with van der Waals surface area (Å²) in [7, 11) is 0. The third kappa shape index (κ3) is 6.76. The number of carbonyl (C=O) groups excluding carboxylic acids is 1. The van der Waals surface area contributed by atoms with E-state index in [0.717, 1.165) is 12.0 Å². The summed E-state index contributed by atoms with van der Waals surface area (Å²) in [6.07, 6.45) is 9.89. The van der Waals surface area contributed by atoms with Gasteiger partial charge in [0.2, 0.25) is 0 Å². The van der Waals surface area contributed by atoms with Gasteiger partial charge in [0.1, 0.15) is 11.5 Å². The van der Waals surface area contributed by atoms with Crippen molar-refractivity contribution in [3.8, 4) is 11.5 Å². The van der Waals surface area contributed by atoms with Crippen molar-refractivity contribution in [1.82, 2.24) is 10.3 Å². The van der Waals surface area contributed by atoms with Gasteiger partial charge in [0.15, 0.2) is 0 Å². The molecule has 0 aliphatic rings. The fourth-order valence-corrected chi connectivity index (χ4v) is 2.35. The summed E-state index contributed by atoms with van der Waals surface area (Å²) < 4.78 is 5.78. The highest BCUT2D eigenvalue weighted by atomic mass is 16.5. The largest absolute Gasteiger partial charge is 0.456 e. The number of hydrogen-bond acceptors (Lipinski definition) is 4. The quantitative estimate of drug-likeness (QED) is 0.519. The minimum Gasteiger partial charge on any atom is -0.456 e. The Bertz CT molecular complexity index is 880. The summed E-state index contributed by atoms with van der Waals surface area (Å²) in [4.78, 5) is 16.5. The molecule has 146 valence electrons. The smallest absolute Gasteiger partial charge is 0.253 e. The molecule has 28 heavy (non-hydrogen) atoms. The summed E-state index contributed by atoms with van der Waals surface area (Å²) in [5, 5.41) is 2.91. The van der Waals surface area contributed by atoms with Crippen molar-refractivity contribution in [2.24, 2.45) is 5.73 Å². The minimum absolute atomic E-state index is 0.211. The lowest BCUT2D eigenvalue weighted by atomic mass is 10.1. The van der Waals surface area contributed by atoms with Gasteiger partial charge in [0, 0.05) is 18.4 Å². The van der Waals surface area contributed by atoms with Gasteiger partial charge in [0.05, 0.1) is 11.8 Å². The molecule has 0 aliphatic carbocycles. The van der Waals surface area contributed by atoms with Crippen LogP contribution in [0.4, 0.5) is 0 Å². The molecule has 1 aromatic carbocycles. The zero-order chi connectivity index (χ0) is 20.4. The Labute approximate surface area is 166 Å². The SMILES string of the molecule is CCC(C)=C/C=C\C(C(=O)NCc1cccc(Oc2cccnc2)c1)=C(/C)N. The van der Waals surface area contributed by atoms with Crippen molar-refractivity contribution in [2.75, 3.05) is 0 Å². The summed E-state index contributed by atoms with van der Waals surface area (Å²) in [5.74, 6) is 1.14. The van der Waals surface area contributed by atoms with Crippen LogP contribution in [-0.2, 0) is 11.3 Å². The molecule has 1 heterocycles. The van der Waals surface area contributed by atoms with Crippen LogP contribution < -0.4 is 15.8 Å². The van der Waals surface area contributed by atoms with E-state index in [4.69, 9.17) is 10.5 Å². The van der Waals surface area contributed by atoms with E-state index in [1.54, 1.807) is 25.4 Å². The number of ether oxygens (including phenoxy) is 1. The first-order valence-electron chi connectivity index (χ1n) is 9.24. The molecule has 0 aliphatic heterocycles. The Kier molecular flexibility index (Phi) is 8.03. The Balaban J connectivity index is 2.01. The Morgan fingerprint density at radius 2 is 2.00 bits per heavy atom. The van der Waals surface area contributed by atoms with Gasteiger partial charge in [-0.15, -0.1) is 0 Å². The van der Waals surface area contributed by atoms with Crippen molar-refractivity contribution in [3.05, 3.63) is 89.4 Å². The van der Waals surface area contributed by atoms with Gasteiger partial charge in [-0.3, -0.25) is 9.78 Å². The highest BCUT2D eigenvalue weighted by molar-refractivity contribution is 5.96. The predicted octanol–water partition coefficient (Wildman–Crippen LogP) is 4.64.